The highest BCUT2D eigenvalue weighted by molar-refractivity contribution is 5.77. The second-order valence-corrected chi connectivity index (χ2v) is 7.26. The van der Waals surface area contributed by atoms with Crippen molar-refractivity contribution >= 4 is 5.91 Å². The third kappa shape index (κ3) is 3.03. The molecule has 3 fully saturated rings. The van der Waals surface area contributed by atoms with Gasteiger partial charge in [-0.2, -0.15) is 0 Å². The third-order valence-electron chi connectivity index (χ3n) is 6.00. The van der Waals surface area contributed by atoms with Gasteiger partial charge in [-0.25, -0.2) is 0 Å². The van der Waals surface area contributed by atoms with Crippen LogP contribution in [0, 0.1) is 17.8 Å². The molecular formula is C17H30N2O. The summed E-state index contributed by atoms with van der Waals surface area (Å²) in [5, 5.41) is 3.42. The number of nitrogens with zero attached hydrogens (tertiary/aromatic N) is 1. The third-order valence-corrected chi connectivity index (χ3v) is 6.00. The summed E-state index contributed by atoms with van der Waals surface area (Å²) in [5.41, 5.74) is 0. The van der Waals surface area contributed by atoms with Gasteiger partial charge in [0.1, 0.15) is 0 Å². The van der Waals surface area contributed by atoms with Crippen molar-refractivity contribution in [3.05, 3.63) is 0 Å². The molecule has 2 heterocycles. The fourth-order valence-corrected chi connectivity index (χ4v) is 4.74. The van der Waals surface area contributed by atoms with Crippen molar-refractivity contribution in [3.8, 4) is 0 Å². The molecule has 0 radical (unpaired) electrons. The van der Waals surface area contributed by atoms with Gasteiger partial charge in [-0.1, -0.05) is 13.3 Å². The molecule has 0 aromatic carbocycles. The van der Waals surface area contributed by atoms with Crippen LogP contribution in [-0.2, 0) is 4.79 Å². The maximum atomic E-state index is 12.7. The maximum absolute atomic E-state index is 12.7. The Morgan fingerprint density at radius 2 is 1.90 bits per heavy atom. The van der Waals surface area contributed by atoms with E-state index >= 15 is 0 Å². The molecule has 3 nitrogen and oxygen atoms in total. The highest BCUT2D eigenvalue weighted by Crippen LogP contribution is 2.37. The van der Waals surface area contributed by atoms with Crippen LogP contribution in [0.4, 0.5) is 0 Å². The average molecular weight is 278 g/mol. The van der Waals surface area contributed by atoms with Gasteiger partial charge in [0.05, 0.1) is 0 Å². The standard InChI is InChI=1S/C17H30N2O/c1-13(14-7-9-18-10-8-14)12-17(20)19-11-3-5-15-4-2-6-16(15)19/h13-16,18H,2-12H2,1H3. The first-order valence-corrected chi connectivity index (χ1v) is 8.76. The fraction of sp³-hybridized carbons (Fsp3) is 0.941. The van der Waals surface area contributed by atoms with Crippen molar-refractivity contribution in [2.75, 3.05) is 19.6 Å². The van der Waals surface area contributed by atoms with Gasteiger partial charge in [-0.05, 0) is 69.4 Å². The molecule has 1 N–H and O–H groups in total. The van der Waals surface area contributed by atoms with Crippen molar-refractivity contribution in [3.63, 3.8) is 0 Å². The molecule has 3 unspecified atom stereocenters. The molecule has 3 atom stereocenters. The second kappa shape index (κ2) is 6.46. The molecule has 3 heteroatoms. The van der Waals surface area contributed by atoms with E-state index < -0.39 is 0 Å². The Balaban J connectivity index is 1.55. The van der Waals surface area contributed by atoms with Crippen molar-refractivity contribution in [1.29, 1.82) is 0 Å². The lowest BCUT2D eigenvalue weighted by Gasteiger charge is -2.39. The van der Waals surface area contributed by atoms with E-state index in [1.807, 2.05) is 0 Å². The Hall–Kier alpha value is -0.570. The number of nitrogens with one attached hydrogen (secondary N) is 1. The van der Waals surface area contributed by atoms with Gasteiger partial charge in [0.15, 0.2) is 0 Å². The lowest BCUT2D eigenvalue weighted by atomic mass is 9.83. The number of hydrogen-bond acceptors (Lipinski definition) is 2. The van der Waals surface area contributed by atoms with Gasteiger partial charge in [-0.3, -0.25) is 4.79 Å². The summed E-state index contributed by atoms with van der Waals surface area (Å²) in [6.45, 7) is 5.60. The lowest BCUT2D eigenvalue weighted by Crippen LogP contribution is -2.47. The van der Waals surface area contributed by atoms with E-state index in [0.717, 1.165) is 37.9 Å². The first kappa shape index (κ1) is 14.4. The number of carbonyl (C=O) groups is 1. The second-order valence-electron chi connectivity index (χ2n) is 7.26. The summed E-state index contributed by atoms with van der Waals surface area (Å²) in [7, 11) is 0. The zero-order valence-corrected chi connectivity index (χ0v) is 12.9. The Morgan fingerprint density at radius 1 is 1.15 bits per heavy atom. The van der Waals surface area contributed by atoms with Gasteiger partial charge in [0, 0.05) is 19.0 Å². The van der Waals surface area contributed by atoms with Crippen LogP contribution < -0.4 is 5.32 Å². The maximum Gasteiger partial charge on any atom is 0.223 e. The predicted molar refractivity (Wildman–Crippen MR) is 81.5 cm³/mol. The summed E-state index contributed by atoms with van der Waals surface area (Å²) in [5.74, 6) is 2.59. The molecule has 20 heavy (non-hydrogen) atoms. The molecule has 0 aromatic rings. The zero-order chi connectivity index (χ0) is 13.9. The summed E-state index contributed by atoms with van der Waals surface area (Å²) in [6, 6.07) is 0.594. The molecular weight excluding hydrogens is 248 g/mol. The quantitative estimate of drug-likeness (QED) is 0.861. The molecule has 2 saturated heterocycles. The molecule has 1 saturated carbocycles. The summed E-state index contributed by atoms with van der Waals surface area (Å²) < 4.78 is 0. The zero-order valence-electron chi connectivity index (χ0n) is 12.9. The minimum absolute atomic E-state index is 0.452. The Morgan fingerprint density at radius 3 is 2.70 bits per heavy atom. The van der Waals surface area contributed by atoms with Crippen molar-refractivity contribution in [2.45, 2.75) is 64.3 Å². The van der Waals surface area contributed by atoms with Crippen LogP contribution in [0.2, 0.25) is 0 Å². The highest BCUT2D eigenvalue weighted by Gasteiger charge is 2.37. The van der Waals surface area contributed by atoms with E-state index in [0.29, 0.717) is 17.9 Å². The van der Waals surface area contributed by atoms with Crippen LogP contribution in [0.25, 0.3) is 0 Å². The Labute approximate surface area is 123 Å². The topological polar surface area (TPSA) is 32.3 Å². The molecule has 3 aliphatic rings. The SMILES string of the molecule is CC(CC(=O)N1CCCC2CCCC21)C1CCNCC1. The van der Waals surface area contributed by atoms with Gasteiger partial charge < -0.3 is 10.2 Å². The molecule has 3 rings (SSSR count). The predicted octanol–water partition coefficient (Wildman–Crippen LogP) is 2.80. The summed E-state index contributed by atoms with van der Waals surface area (Å²) in [6.07, 6.45) is 9.83. The number of carbonyl (C=O) groups excluding carboxylic acids is 1. The van der Waals surface area contributed by atoms with Gasteiger partial charge >= 0.3 is 0 Å². The normalized spacial score (nSPS) is 33.0. The van der Waals surface area contributed by atoms with Crippen molar-refractivity contribution in [2.24, 2.45) is 17.8 Å². The number of fused-ring (bicyclic) bond motifs is 1. The van der Waals surface area contributed by atoms with E-state index in [1.165, 1.54) is 44.9 Å². The van der Waals surface area contributed by atoms with Gasteiger partial charge in [0.25, 0.3) is 0 Å². The molecule has 1 aliphatic carbocycles. The minimum Gasteiger partial charge on any atom is -0.339 e. The Bertz CT molecular complexity index is 338. The molecule has 1 amide bonds. The number of rotatable bonds is 3. The fourth-order valence-electron chi connectivity index (χ4n) is 4.74. The van der Waals surface area contributed by atoms with Crippen molar-refractivity contribution < 1.29 is 4.79 Å². The van der Waals surface area contributed by atoms with E-state index in [9.17, 15) is 4.79 Å². The van der Waals surface area contributed by atoms with Crippen LogP contribution >= 0.6 is 0 Å². The molecule has 0 aromatic heterocycles. The van der Waals surface area contributed by atoms with E-state index in [4.69, 9.17) is 0 Å². The molecule has 0 bridgehead atoms. The van der Waals surface area contributed by atoms with Crippen molar-refractivity contribution in [1.82, 2.24) is 10.2 Å². The van der Waals surface area contributed by atoms with Gasteiger partial charge in [-0.15, -0.1) is 0 Å². The molecule has 0 spiro atoms. The highest BCUT2D eigenvalue weighted by atomic mass is 16.2. The molecule has 114 valence electrons. The largest absolute Gasteiger partial charge is 0.339 e. The van der Waals surface area contributed by atoms with E-state index in [-0.39, 0.29) is 0 Å². The first-order chi connectivity index (χ1) is 9.75. The van der Waals surface area contributed by atoms with Crippen LogP contribution in [0.5, 0.6) is 0 Å². The number of piperidine rings is 2. The lowest BCUT2D eigenvalue weighted by molar-refractivity contribution is -0.137. The monoisotopic (exact) mass is 278 g/mol. The van der Waals surface area contributed by atoms with Crippen LogP contribution in [0.15, 0.2) is 0 Å². The van der Waals surface area contributed by atoms with E-state index in [1.54, 1.807) is 0 Å². The van der Waals surface area contributed by atoms with Crippen LogP contribution in [0.3, 0.4) is 0 Å². The first-order valence-electron chi connectivity index (χ1n) is 8.76. The average Bonchev–Trinajstić information content (AvgIpc) is 2.96. The van der Waals surface area contributed by atoms with E-state index in [2.05, 4.69) is 17.1 Å². The number of amides is 1. The van der Waals surface area contributed by atoms with Crippen LogP contribution in [0.1, 0.15) is 58.3 Å². The van der Waals surface area contributed by atoms with Gasteiger partial charge in [0.2, 0.25) is 5.91 Å². The minimum atomic E-state index is 0.452. The smallest absolute Gasteiger partial charge is 0.223 e. The Kier molecular flexibility index (Phi) is 4.65. The van der Waals surface area contributed by atoms with Crippen LogP contribution in [-0.4, -0.2) is 36.5 Å². The summed E-state index contributed by atoms with van der Waals surface area (Å²) >= 11 is 0. The molecule has 2 aliphatic heterocycles. The number of hydrogen-bond donors (Lipinski definition) is 1. The number of likely N-dealkylation sites (tertiary alicyclic amines) is 1. The summed E-state index contributed by atoms with van der Waals surface area (Å²) in [4.78, 5) is 15.0.